The summed E-state index contributed by atoms with van der Waals surface area (Å²) in [5.41, 5.74) is 2.35. The molecule has 2 amide bonds. The number of anilines is 1. The monoisotopic (exact) mass is 358 g/mol. The molecular formula is C20H20F2N2O2. The zero-order valence-corrected chi connectivity index (χ0v) is 14.5. The maximum Gasteiger partial charge on any atom is 0.224 e. The van der Waals surface area contributed by atoms with Gasteiger partial charge in [0.25, 0.3) is 0 Å². The molecular weight excluding hydrogens is 338 g/mol. The number of carbonyl (C=O) groups is 2. The second-order valence-electron chi connectivity index (χ2n) is 6.35. The van der Waals surface area contributed by atoms with Crippen LogP contribution in [0.1, 0.15) is 24.5 Å². The van der Waals surface area contributed by atoms with Crippen LogP contribution in [0.15, 0.2) is 42.5 Å². The molecule has 0 fully saturated rings. The third kappa shape index (κ3) is 3.90. The molecule has 0 atom stereocenters. The highest BCUT2D eigenvalue weighted by Gasteiger charge is 2.22. The summed E-state index contributed by atoms with van der Waals surface area (Å²) in [4.78, 5) is 27.3. The number of halogens is 2. The van der Waals surface area contributed by atoms with Crippen LogP contribution in [0.3, 0.4) is 0 Å². The molecule has 1 aliphatic rings. The van der Waals surface area contributed by atoms with Gasteiger partial charge in [-0.3, -0.25) is 9.59 Å². The fraction of sp³-hybridized carbons (Fsp3) is 0.300. The van der Waals surface area contributed by atoms with Crippen LogP contribution >= 0.6 is 0 Å². The summed E-state index contributed by atoms with van der Waals surface area (Å²) in [5, 5.41) is 0. The molecule has 3 rings (SSSR count). The van der Waals surface area contributed by atoms with E-state index < -0.39 is 17.5 Å². The highest BCUT2D eigenvalue weighted by atomic mass is 19.1. The van der Waals surface area contributed by atoms with Gasteiger partial charge in [0, 0.05) is 39.0 Å². The van der Waals surface area contributed by atoms with Gasteiger partial charge in [0.15, 0.2) is 0 Å². The van der Waals surface area contributed by atoms with Gasteiger partial charge in [0.2, 0.25) is 11.8 Å². The lowest BCUT2D eigenvalue weighted by atomic mass is 10.00. The number of amides is 2. The third-order valence-electron chi connectivity index (χ3n) is 4.61. The highest BCUT2D eigenvalue weighted by molar-refractivity contribution is 5.92. The van der Waals surface area contributed by atoms with Gasteiger partial charge in [-0.05, 0) is 29.7 Å². The Balaban J connectivity index is 1.66. The largest absolute Gasteiger partial charge is 0.338 e. The van der Waals surface area contributed by atoms with Crippen molar-refractivity contribution in [3.8, 4) is 0 Å². The molecule has 2 aromatic rings. The molecule has 6 heteroatoms. The lowest BCUT2D eigenvalue weighted by Crippen LogP contribution is -2.39. The first-order valence-electron chi connectivity index (χ1n) is 8.53. The molecule has 2 aromatic carbocycles. The minimum absolute atomic E-state index is 0.0179. The van der Waals surface area contributed by atoms with Crippen LogP contribution in [0.4, 0.5) is 14.5 Å². The minimum Gasteiger partial charge on any atom is -0.338 e. The quantitative estimate of drug-likeness (QED) is 0.841. The highest BCUT2D eigenvalue weighted by Crippen LogP contribution is 2.22. The van der Waals surface area contributed by atoms with Gasteiger partial charge in [0.05, 0.1) is 5.69 Å². The number of benzene rings is 2. The van der Waals surface area contributed by atoms with Crippen molar-refractivity contribution in [3.05, 3.63) is 65.2 Å². The van der Waals surface area contributed by atoms with Crippen LogP contribution in [0.25, 0.3) is 0 Å². The first-order chi connectivity index (χ1) is 12.5. The van der Waals surface area contributed by atoms with Crippen molar-refractivity contribution in [3.63, 3.8) is 0 Å². The summed E-state index contributed by atoms with van der Waals surface area (Å²) in [6, 6.07) is 11.0. The van der Waals surface area contributed by atoms with E-state index in [4.69, 9.17) is 0 Å². The minimum atomic E-state index is -0.820. The van der Waals surface area contributed by atoms with Gasteiger partial charge in [0.1, 0.15) is 11.6 Å². The van der Waals surface area contributed by atoms with E-state index in [-0.39, 0.29) is 24.6 Å². The number of fused-ring (bicyclic) bond motifs is 1. The van der Waals surface area contributed by atoms with Crippen molar-refractivity contribution in [2.45, 2.75) is 26.3 Å². The fourth-order valence-corrected chi connectivity index (χ4v) is 3.22. The summed E-state index contributed by atoms with van der Waals surface area (Å²) < 4.78 is 27.1. The Morgan fingerprint density at radius 1 is 1.12 bits per heavy atom. The molecule has 0 spiro atoms. The zero-order chi connectivity index (χ0) is 18.7. The van der Waals surface area contributed by atoms with Crippen LogP contribution in [-0.4, -0.2) is 29.8 Å². The number of carbonyl (C=O) groups excluding carboxylic acids is 2. The molecule has 0 N–H and O–H groups in total. The van der Waals surface area contributed by atoms with E-state index in [0.717, 1.165) is 24.1 Å². The second-order valence-corrected chi connectivity index (χ2v) is 6.35. The van der Waals surface area contributed by atoms with Gasteiger partial charge < -0.3 is 9.80 Å². The van der Waals surface area contributed by atoms with Crippen LogP contribution in [-0.2, 0) is 22.6 Å². The second kappa shape index (κ2) is 7.64. The number of hydrogen-bond acceptors (Lipinski definition) is 2. The Morgan fingerprint density at radius 2 is 1.85 bits per heavy atom. The van der Waals surface area contributed by atoms with Crippen molar-refractivity contribution < 1.29 is 18.4 Å². The summed E-state index contributed by atoms with van der Waals surface area (Å²) >= 11 is 0. The fourth-order valence-electron chi connectivity index (χ4n) is 3.22. The smallest absolute Gasteiger partial charge is 0.224 e. The van der Waals surface area contributed by atoms with Gasteiger partial charge in [-0.1, -0.05) is 24.3 Å². The molecule has 1 aliphatic heterocycles. The Kier molecular flexibility index (Phi) is 5.30. The van der Waals surface area contributed by atoms with Gasteiger partial charge in [-0.15, -0.1) is 0 Å². The Morgan fingerprint density at radius 3 is 2.54 bits per heavy atom. The summed E-state index contributed by atoms with van der Waals surface area (Å²) in [7, 11) is 0. The topological polar surface area (TPSA) is 40.6 Å². The van der Waals surface area contributed by atoms with Crippen LogP contribution in [0.5, 0.6) is 0 Å². The molecule has 1 heterocycles. The van der Waals surface area contributed by atoms with E-state index in [2.05, 4.69) is 6.07 Å². The van der Waals surface area contributed by atoms with E-state index in [1.165, 1.54) is 23.5 Å². The average molecular weight is 358 g/mol. The molecule has 4 nitrogen and oxygen atoms in total. The summed E-state index contributed by atoms with van der Waals surface area (Å²) in [6.07, 6.45) is 0.878. The molecule has 0 bridgehead atoms. The number of hydrogen-bond donors (Lipinski definition) is 0. The van der Waals surface area contributed by atoms with Crippen LogP contribution < -0.4 is 4.90 Å². The normalized spacial score (nSPS) is 13.3. The van der Waals surface area contributed by atoms with E-state index in [1.54, 1.807) is 4.90 Å². The van der Waals surface area contributed by atoms with E-state index in [1.807, 2.05) is 18.2 Å². The maximum absolute atomic E-state index is 14.0. The van der Waals surface area contributed by atoms with Crippen molar-refractivity contribution in [1.82, 2.24) is 4.90 Å². The molecule has 0 unspecified atom stereocenters. The Labute approximate surface area is 151 Å². The summed E-state index contributed by atoms with van der Waals surface area (Å²) in [5.74, 6) is -2.02. The van der Waals surface area contributed by atoms with Gasteiger partial charge in [-0.25, -0.2) is 8.78 Å². The molecule has 0 saturated heterocycles. The maximum atomic E-state index is 14.0. The number of nitrogens with zero attached hydrogens (tertiary/aromatic N) is 2. The number of rotatable bonds is 4. The standard InChI is InChI=1S/C20H20F2N2O2/c1-14(25)24(19-7-6-17(21)12-18(19)22)11-9-20(26)23-10-8-15-4-2-3-5-16(15)13-23/h2-7,12H,8-11,13H2,1H3. The molecule has 0 aromatic heterocycles. The van der Waals surface area contributed by atoms with Gasteiger partial charge >= 0.3 is 0 Å². The zero-order valence-electron chi connectivity index (χ0n) is 14.5. The Hall–Kier alpha value is -2.76. The lowest BCUT2D eigenvalue weighted by molar-refractivity contribution is -0.131. The molecule has 0 saturated carbocycles. The predicted molar refractivity (Wildman–Crippen MR) is 94.6 cm³/mol. The Bertz CT molecular complexity index is 838. The average Bonchev–Trinajstić information content (AvgIpc) is 2.62. The van der Waals surface area contributed by atoms with Crippen molar-refractivity contribution in [1.29, 1.82) is 0 Å². The molecule has 0 aliphatic carbocycles. The third-order valence-corrected chi connectivity index (χ3v) is 4.61. The van der Waals surface area contributed by atoms with E-state index in [9.17, 15) is 18.4 Å². The summed E-state index contributed by atoms with van der Waals surface area (Å²) in [6.45, 7) is 2.51. The predicted octanol–water partition coefficient (Wildman–Crippen LogP) is 3.29. The first-order valence-corrected chi connectivity index (χ1v) is 8.53. The van der Waals surface area contributed by atoms with E-state index in [0.29, 0.717) is 13.1 Å². The van der Waals surface area contributed by atoms with Crippen molar-refractivity contribution >= 4 is 17.5 Å². The van der Waals surface area contributed by atoms with Crippen LogP contribution in [0.2, 0.25) is 0 Å². The van der Waals surface area contributed by atoms with Crippen molar-refractivity contribution in [2.24, 2.45) is 0 Å². The molecule has 0 radical (unpaired) electrons. The lowest BCUT2D eigenvalue weighted by Gasteiger charge is -2.30. The van der Waals surface area contributed by atoms with Crippen LogP contribution in [0, 0.1) is 11.6 Å². The van der Waals surface area contributed by atoms with Crippen molar-refractivity contribution in [2.75, 3.05) is 18.0 Å². The van der Waals surface area contributed by atoms with E-state index >= 15 is 0 Å². The molecule has 136 valence electrons. The molecule has 26 heavy (non-hydrogen) atoms. The first kappa shape index (κ1) is 18.0. The van der Waals surface area contributed by atoms with Gasteiger partial charge in [-0.2, -0.15) is 0 Å². The SMILES string of the molecule is CC(=O)N(CCC(=O)N1CCc2ccccc2C1)c1ccc(F)cc1F.